The lowest BCUT2D eigenvalue weighted by atomic mass is 9.75. The van der Waals surface area contributed by atoms with Crippen LogP contribution >= 0.6 is 23.4 Å². The molecule has 3 aliphatic heterocycles. The summed E-state index contributed by atoms with van der Waals surface area (Å²) in [6.45, 7) is 6.64. The van der Waals surface area contributed by atoms with Crippen LogP contribution in [0.3, 0.4) is 0 Å². The number of nitrogens with one attached hydrogen (secondary N) is 2. The Labute approximate surface area is 382 Å². The van der Waals surface area contributed by atoms with Crippen molar-refractivity contribution in [3.05, 3.63) is 119 Å². The first-order valence-corrected chi connectivity index (χ1v) is 25.7. The molecular formula is C46H51ClF3N5O6S3. The predicted molar refractivity (Wildman–Crippen MR) is 245 cm³/mol. The van der Waals surface area contributed by atoms with E-state index in [-0.39, 0.29) is 11.0 Å². The monoisotopic (exact) mass is 957 g/mol. The predicted octanol–water partition coefficient (Wildman–Crippen LogP) is 8.20. The van der Waals surface area contributed by atoms with Gasteiger partial charge in [0.2, 0.25) is 0 Å². The summed E-state index contributed by atoms with van der Waals surface area (Å²) < 4.78 is 103. The number of likely N-dealkylation sites (tertiary alicyclic amines) is 1. The summed E-state index contributed by atoms with van der Waals surface area (Å²) in [6.07, 6.45) is 7.13. The van der Waals surface area contributed by atoms with Crippen molar-refractivity contribution in [1.29, 1.82) is 0 Å². The number of carbonyl (C=O) groups is 1. The molecule has 342 valence electrons. The molecule has 4 aromatic carbocycles. The van der Waals surface area contributed by atoms with Gasteiger partial charge >= 0.3 is 5.51 Å². The van der Waals surface area contributed by atoms with Crippen LogP contribution in [0.1, 0.15) is 48.0 Å². The smallest absolute Gasteiger partial charge is 0.380 e. The van der Waals surface area contributed by atoms with Crippen molar-refractivity contribution in [3.8, 4) is 0 Å². The lowest BCUT2D eigenvalue weighted by Gasteiger charge is -2.53. The molecule has 2 N–H and O–H groups in total. The summed E-state index contributed by atoms with van der Waals surface area (Å²) in [5.74, 6) is -0.642. The number of nitrogens with zero attached hydrogens (tertiary/aromatic N) is 3. The van der Waals surface area contributed by atoms with Crippen molar-refractivity contribution in [1.82, 2.24) is 14.5 Å². The standard InChI is InChI=1S/C46H51ClF3N5O6S3/c47-35-14-10-33(11-15-35)40-8-4-5-9-42(40)55-31-45(32-55)21-23-54(30-45)37-16-12-34(13-17-37)44(56)52-64(59,60)39-18-19-41(43(28-39)63(57,58)46(48,49)50)51-36(20-22-53-24-26-61-27-25-53)29-62-38-6-2-1-3-7-38/h1-3,6-8,10-19,28,36,42,51H,4-5,9,20-27,29-32H2,(H,52,56). The van der Waals surface area contributed by atoms with Gasteiger partial charge in [-0.1, -0.05) is 48.0 Å². The number of carbonyl (C=O) groups excluding carboxylic acids is 1. The molecule has 0 aromatic heterocycles. The van der Waals surface area contributed by atoms with Gasteiger partial charge in [-0.25, -0.2) is 21.6 Å². The Kier molecular flexibility index (Phi) is 14.1. The molecule has 64 heavy (non-hydrogen) atoms. The van der Waals surface area contributed by atoms with E-state index in [1.807, 2.05) is 47.2 Å². The van der Waals surface area contributed by atoms with Crippen molar-refractivity contribution in [3.63, 3.8) is 0 Å². The molecule has 1 spiro atoms. The highest BCUT2D eigenvalue weighted by Crippen LogP contribution is 2.45. The van der Waals surface area contributed by atoms with Crippen molar-refractivity contribution >= 4 is 66.1 Å². The Balaban J connectivity index is 0.929. The van der Waals surface area contributed by atoms with Gasteiger partial charge in [-0.3, -0.25) is 14.6 Å². The topological polar surface area (TPSA) is 128 Å². The maximum Gasteiger partial charge on any atom is 0.501 e. The first kappa shape index (κ1) is 46.4. The molecule has 1 aliphatic carbocycles. The SMILES string of the molecule is O=C(NS(=O)(=O)c1ccc(NC(CCN2CCOCC2)CSc2ccccc2)c(S(=O)(=O)C(F)(F)F)c1)c1ccc(N2CCC3(C2)CN(C2CCCC=C2c2ccc(Cl)cc2)C3)cc1. The van der Waals surface area contributed by atoms with Crippen LogP contribution in [0, 0.1) is 5.41 Å². The lowest BCUT2D eigenvalue weighted by molar-refractivity contribution is -0.0435. The summed E-state index contributed by atoms with van der Waals surface area (Å²) >= 11 is 7.62. The number of ether oxygens (including phenoxy) is 1. The summed E-state index contributed by atoms with van der Waals surface area (Å²) in [5.41, 5.74) is -2.54. The molecule has 8 rings (SSSR count). The molecule has 0 bridgehead atoms. The summed E-state index contributed by atoms with van der Waals surface area (Å²) in [6, 6.07) is 26.2. The lowest BCUT2D eigenvalue weighted by Crippen LogP contribution is -2.61. The number of sulfonamides is 1. The summed E-state index contributed by atoms with van der Waals surface area (Å²) in [5, 5.41) is 3.71. The van der Waals surface area contributed by atoms with Crippen molar-refractivity contribution in [2.45, 2.75) is 64.4 Å². The second kappa shape index (κ2) is 19.4. The van der Waals surface area contributed by atoms with E-state index in [1.54, 1.807) is 12.1 Å². The van der Waals surface area contributed by atoms with Crippen LogP contribution in [0.4, 0.5) is 24.5 Å². The number of anilines is 2. The van der Waals surface area contributed by atoms with Gasteiger partial charge in [-0.15, -0.1) is 11.8 Å². The third-order valence-corrected chi connectivity index (χ3v) is 16.9. The Hall–Kier alpha value is -4.10. The second-order valence-corrected chi connectivity index (χ2v) is 22.1. The average molecular weight is 959 g/mol. The van der Waals surface area contributed by atoms with E-state index in [0.29, 0.717) is 62.2 Å². The van der Waals surface area contributed by atoms with Gasteiger partial charge in [0.25, 0.3) is 25.8 Å². The molecule has 18 heteroatoms. The van der Waals surface area contributed by atoms with Crippen LogP contribution in [-0.4, -0.2) is 115 Å². The van der Waals surface area contributed by atoms with E-state index < -0.39 is 52.8 Å². The number of hydrogen-bond donors (Lipinski definition) is 2. The molecule has 3 fully saturated rings. The second-order valence-electron chi connectivity index (χ2n) is 17.0. The Morgan fingerprint density at radius 1 is 0.906 bits per heavy atom. The van der Waals surface area contributed by atoms with E-state index in [1.165, 1.54) is 35.0 Å². The molecule has 0 radical (unpaired) electrons. The zero-order chi connectivity index (χ0) is 45.1. The third-order valence-electron chi connectivity index (χ3n) is 12.6. The van der Waals surface area contributed by atoms with E-state index >= 15 is 0 Å². The molecule has 1 amide bonds. The van der Waals surface area contributed by atoms with Crippen LogP contribution in [0.25, 0.3) is 5.57 Å². The Bertz CT molecular complexity index is 2540. The first-order chi connectivity index (χ1) is 30.6. The fourth-order valence-corrected chi connectivity index (χ4v) is 12.3. The summed E-state index contributed by atoms with van der Waals surface area (Å²) in [7, 11) is -10.9. The Morgan fingerprint density at radius 2 is 1.62 bits per heavy atom. The zero-order valence-electron chi connectivity index (χ0n) is 35.1. The van der Waals surface area contributed by atoms with Gasteiger partial charge < -0.3 is 15.0 Å². The number of benzene rings is 4. The van der Waals surface area contributed by atoms with Crippen LogP contribution in [-0.2, 0) is 24.6 Å². The minimum absolute atomic E-state index is 0.00955. The van der Waals surface area contributed by atoms with Crippen LogP contribution in [0.2, 0.25) is 5.02 Å². The number of halogens is 4. The maximum absolute atomic E-state index is 14.2. The maximum atomic E-state index is 14.2. The summed E-state index contributed by atoms with van der Waals surface area (Å²) in [4.78, 5) is 19.2. The van der Waals surface area contributed by atoms with Crippen LogP contribution in [0.5, 0.6) is 0 Å². The highest BCUT2D eigenvalue weighted by atomic mass is 35.5. The number of rotatable bonds is 15. The van der Waals surface area contributed by atoms with Gasteiger partial charge in [-0.05, 0) is 110 Å². The highest BCUT2D eigenvalue weighted by Gasteiger charge is 2.50. The van der Waals surface area contributed by atoms with Crippen LogP contribution < -0.4 is 14.9 Å². The normalized spacial score (nSPS) is 20.1. The highest BCUT2D eigenvalue weighted by molar-refractivity contribution is 7.99. The number of allylic oxidation sites excluding steroid dienone is 1. The van der Waals surface area contributed by atoms with Gasteiger partial charge in [0, 0.05) is 90.2 Å². The van der Waals surface area contributed by atoms with Crippen molar-refractivity contribution < 1.29 is 39.5 Å². The van der Waals surface area contributed by atoms with Crippen molar-refractivity contribution in [2.75, 3.05) is 75.0 Å². The molecule has 3 saturated heterocycles. The quantitative estimate of drug-likeness (QED) is 0.112. The molecule has 4 aromatic rings. The van der Waals surface area contributed by atoms with E-state index in [4.69, 9.17) is 16.3 Å². The fourth-order valence-electron chi connectivity index (χ4n) is 9.13. The van der Waals surface area contributed by atoms with Gasteiger partial charge in [0.1, 0.15) is 4.90 Å². The molecule has 3 heterocycles. The molecule has 4 aliphatic rings. The average Bonchev–Trinajstić information content (AvgIpc) is 3.74. The van der Waals surface area contributed by atoms with Gasteiger partial charge in [0.15, 0.2) is 0 Å². The Morgan fingerprint density at radius 3 is 2.33 bits per heavy atom. The molecule has 2 atom stereocenters. The minimum atomic E-state index is -6.05. The largest absolute Gasteiger partial charge is 0.501 e. The fraction of sp³-hybridized carbons (Fsp3) is 0.413. The van der Waals surface area contributed by atoms with Crippen molar-refractivity contribution in [2.24, 2.45) is 5.41 Å². The minimum Gasteiger partial charge on any atom is -0.380 e. The van der Waals surface area contributed by atoms with Crippen LogP contribution in [0.15, 0.2) is 118 Å². The molecular weight excluding hydrogens is 907 g/mol. The number of morpholine rings is 1. The third kappa shape index (κ3) is 10.6. The van der Waals surface area contributed by atoms with E-state index in [9.17, 15) is 34.8 Å². The molecule has 2 unspecified atom stereocenters. The molecule has 0 saturated carbocycles. The number of alkyl halides is 3. The number of hydrogen-bond acceptors (Lipinski definition) is 11. The van der Waals surface area contributed by atoms with E-state index in [2.05, 4.69) is 38.2 Å². The number of amides is 1. The number of thioether (sulfide) groups is 1. The van der Waals surface area contributed by atoms with E-state index in [0.717, 1.165) is 74.6 Å². The first-order valence-electron chi connectivity index (χ1n) is 21.4. The van der Waals surface area contributed by atoms with Gasteiger partial charge in [-0.2, -0.15) is 13.2 Å². The van der Waals surface area contributed by atoms with Gasteiger partial charge in [0.05, 0.1) is 23.8 Å². The zero-order valence-corrected chi connectivity index (χ0v) is 38.3. The number of sulfone groups is 1. The molecule has 11 nitrogen and oxygen atoms in total.